The summed E-state index contributed by atoms with van der Waals surface area (Å²) in [5.41, 5.74) is 7.92. The van der Waals surface area contributed by atoms with Gasteiger partial charge in [0.2, 0.25) is 0 Å². The van der Waals surface area contributed by atoms with Gasteiger partial charge >= 0.3 is 21.1 Å². The second kappa shape index (κ2) is 13.2. The number of methoxy groups -OCH3 is 1. The Hall–Kier alpha value is -4.67. The van der Waals surface area contributed by atoms with E-state index in [0.29, 0.717) is 11.5 Å². The van der Waals surface area contributed by atoms with E-state index in [-0.39, 0.29) is 26.5 Å². The summed E-state index contributed by atoms with van der Waals surface area (Å²) >= 11 is 0. The molecule has 6 nitrogen and oxygen atoms in total. The first-order valence-electron chi connectivity index (χ1n) is 15.6. The normalized spacial score (nSPS) is 11.5. The molecule has 0 saturated heterocycles. The van der Waals surface area contributed by atoms with E-state index in [0.717, 1.165) is 57.5 Å². The zero-order chi connectivity index (χ0) is 31.8. The number of rotatable bonds is 8. The number of hydrogen-bond acceptors (Lipinski definition) is 4. The van der Waals surface area contributed by atoms with Gasteiger partial charge in [0.25, 0.3) is 0 Å². The van der Waals surface area contributed by atoms with Crippen molar-refractivity contribution in [2.24, 2.45) is 5.41 Å². The summed E-state index contributed by atoms with van der Waals surface area (Å²) in [6.45, 7) is 9.04. The van der Waals surface area contributed by atoms with Crippen LogP contribution >= 0.6 is 0 Å². The molecule has 0 bridgehead atoms. The van der Waals surface area contributed by atoms with Gasteiger partial charge in [-0.05, 0) is 65.1 Å². The number of nitrogens with zero attached hydrogens (tertiary/aromatic N) is 4. The van der Waals surface area contributed by atoms with Gasteiger partial charge in [-0.2, -0.15) is 17.2 Å². The molecule has 0 N–H and O–H groups in total. The standard InChI is InChI=1S/C40H36N4O2.Pt/c1-27-10-8-11-28(18-20-40(2,3)4)39(27)29-25-42-43(26-29)30-12-9-13-32(22-30)46-33-16-17-35-34-14-6-7-15-36(34)44(37(35)23-33)38-24-31(45-5)19-21-41-38;/h6-17,19,21,24-26H,18,20H2,1-5H3;/q-2;+2. The van der Waals surface area contributed by atoms with Gasteiger partial charge in [0, 0.05) is 41.0 Å². The molecule has 0 spiro atoms. The van der Waals surface area contributed by atoms with Gasteiger partial charge in [-0.15, -0.1) is 35.7 Å². The minimum absolute atomic E-state index is 0. The van der Waals surface area contributed by atoms with Crippen molar-refractivity contribution in [3.63, 3.8) is 0 Å². The summed E-state index contributed by atoms with van der Waals surface area (Å²) in [4.78, 5) is 4.65. The molecule has 0 atom stereocenters. The number of para-hydroxylation sites is 1. The van der Waals surface area contributed by atoms with Gasteiger partial charge in [-0.3, -0.25) is 4.68 Å². The Bertz CT molecular complexity index is 2190. The van der Waals surface area contributed by atoms with E-state index in [1.165, 1.54) is 16.7 Å². The number of hydrogen-bond donors (Lipinski definition) is 0. The van der Waals surface area contributed by atoms with Crippen LogP contribution in [0.4, 0.5) is 0 Å². The van der Waals surface area contributed by atoms with Crippen LogP contribution in [0.15, 0.2) is 104 Å². The van der Waals surface area contributed by atoms with Gasteiger partial charge < -0.3 is 14.0 Å². The Kier molecular flexibility index (Phi) is 9.07. The van der Waals surface area contributed by atoms with Crippen molar-refractivity contribution >= 4 is 21.8 Å². The third kappa shape index (κ3) is 6.61. The Labute approximate surface area is 290 Å². The van der Waals surface area contributed by atoms with Crippen LogP contribution in [-0.4, -0.2) is 26.4 Å². The molecule has 0 saturated carbocycles. The van der Waals surface area contributed by atoms with Crippen LogP contribution in [0.1, 0.15) is 38.3 Å². The third-order valence-corrected chi connectivity index (χ3v) is 8.33. The van der Waals surface area contributed by atoms with E-state index >= 15 is 0 Å². The van der Waals surface area contributed by atoms with Crippen molar-refractivity contribution in [2.75, 3.05) is 7.11 Å². The quantitative estimate of drug-likeness (QED) is 0.144. The number of benzene rings is 4. The van der Waals surface area contributed by atoms with Crippen molar-refractivity contribution in [1.82, 2.24) is 19.3 Å². The van der Waals surface area contributed by atoms with E-state index in [2.05, 4.69) is 92.0 Å². The molecule has 0 radical (unpaired) electrons. The number of aryl methyl sites for hydroxylation is 2. The minimum Gasteiger partial charge on any atom is -0.509 e. The Morgan fingerprint density at radius 3 is 2.49 bits per heavy atom. The molecule has 7 aromatic rings. The summed E-state index contributed by atoms with van der Waals surface area (Å²) in [5, 5.41) is 6.90. The van der Waals surface area contributed by atoms with Gasteiger partial charge in [-0.25, -0.2) is 4.98 Å². The number of pyridine rings is 1. The molecule has 7 rings (SSSR count). The zero-order valence-electron chi connectivity index (χ0n) is 27.2. The zero-order valence-corrected chi connectivity index (χ0v) is 29.4. The predicted octanol–water partition coefficient (Wildman–Crippen LogP) is 9.72. The first-order chi connectivity index (χ1) is 22.3. The van der Waals surface area contributed by atoms with Crippen molar-refractivity contribution in [2.45, 2.75) is 40.5 Å². The van der Waals surface area contributed by atoms with Crippen LogP contribution < -0.4 is 9.47 Å². The number of ether oxygens (including phenoxy) is 2. The van der Waals surface area contributed by atoms with Crippen LogP contribution in [0.2, 0.25) is 0 Å². The fourth-order valence-electron chi connectivity index (χ4n) is 6.01. The molecule has 0 fully saturated rings. The summed E-state index contributed by atoms with van der Waals surface area (Å²) in [6, 6.07) is 35.4. The Morgan fingerprint density at radius 2 is 1.66 bits per heavy atom. The second-order valence-corrected chi connectivity index (χ2v) is 12.8. The van der Waals surface area contributed by atoms with E-state index in [1.807, 2.05) is 59.4 Å². The first kappa shape index (κ1) is 32.3. The van der Waals surface area contributed by atoms with Crippen molar-refractivity contribution in [3.05, 3.63) is 127 Å². The van der Waals surface area contributed by atoms with E-state index in [9.17, 15) is 0 Å². The smallest absolute Gasteiger partial charge is 0.509 e. The van der Waals surface area contributed by atoms with Crippen molar-refractivity contribution < 1.29 is 30.5 Å². The molecule has 7 heteroatoms. The molecule has 0 aliphatic carbocycles. The molecule has 0 unspecified atom stereocenters. The maximum atomic E-state index is 6.36. The molecule has 0 aliphatic heterocycles. The van der Waals surface area contributed by atoms with Crippen LogP contribution in [0.25, 0.3) is 44.4 Å². The van der Waals surface area contributed by atoms with Crippen LogP contribution in [0, 0.1) is 24.5 Å². The summed E-state index contributed by atoms with van der Waals surface area (Å²) in [7, 11) is 1.66. The monoisotopic (exact) mass is 799 g/mol. The van der Waals surface area contributed by atoms with E-state index in [1.54, 1.807) is 13.3 Å². The van der Waals surface area contributed by atoms with E-state index in [4.69, 9.17) is 14.6 Å². The van der Waals surface area contributed by atoms with Crippen LogP contribution in [0.5, 0.6) is 17.2 Å². The predicted molar refractivity (Wildman–Crippen MR) is 184 cm³/mol. The summed E-state index contributed by atoms with van der Waals surface area (Å²) in [6.07, 6.45) is 7.91. The molecule has 0 amide bonds. The average molecular weight is 800 g/mol. The number of fused-ring (bicyclic) bond motifs is 3. The van der Waals surface area contributed by atoms with E-state index < -0.39 is 0 Å². The van der Waals surface area contributed by atoms with Gasteiger partial charge in [0.05, 0.1) is 13.3 Å². The average Bonchev–Trinajstić information content (AvgIpc) is 3.67. The number of aromatic nitrogens is 4. The van der Waals surface area contributed by atoms with Gasteiger partial charge in [-0.1, -0.05) is 62.7 Å². The third-order valence-electron chi connectivity index (χ3n) is 8.33. The SMILES string of the molecule is COc1ccnc(-n2c3[c-]c(Oc4[c-]c(-n5cc(-c6c(C)cccc6CCC(C)(C)C)cn5)ccc4)ccc3c3ccccc32)c1.[Pt+2]. The van der Waals surface area contributed by atoms with Gasteiger partial charge in [0.1, 0.15) is 11.6 Å². The maximum Gasteiger partial charge on any atom is 2.00 e. The molecule has 3 heterocycles. The topological polar surface area (TPSA) is 54.1 Å². The van der Waals surface area contributed by atoms with Crippen molar-refractivity contribution in [1.29, 1.82) is 0 Å². The molecule has 47 heavy (non-hydrogen) atoms. The fourth-order valence-corrected chi connectivity index (χ4v) is 6.01. The van der Waals surface area contributed by atoms with Crippen LogP contribution in [-0.2, 0) is 27.5 Å². The Balaban J connectivity index is 0.00000386. The molecule has 4 aromatic carbocycles. The summed E-state index contributed by atoms with van der Waals surface area (Å²) in [5.74, 6) is 2.64. The molecular formula is C40H36N4O2Pt. The second-order valence-electron chi connectivity index (χ2n) is 12.8. The van der Waals surface area contributed by atoms with Gasteiger partial charge in [0.15, 0.2) is 0 Å². The summed E-state index contributed by atoms with van der Waals surface area (Å²) < 4.78 is 15.8. The first-order valence-corrected chi connectivity index (χ1v) is 15.6. The Morgan fingerprint density at radius 1 is 0.851 bits per heavy atom. The molecular weight excluding hydrogens is 764 g/mol. The van der Waals surface area contributed by atoms with Crippen LogP contribution in [0.3, 0.4) is 0 Å². The largest absolute Gasteiger partial charge is 2.00 e. The fraction of sp³-hybridized carbons (Fsp3) is 0.200. The molecule has 238 valence electrons. The molecule has 3 aromatic heterocycles. The maximum absolute atomic E-state index is 6.36. The molecule has 0 aliphatic rings. The minimum atomic E-state index is 0. The van der Waals surface area contributed by atoms with Crippen molar-refractivity contribution in [3.8, 4) is 39.9 Å².